The zero-order valence-electron chi connectivity index (χ0n) is 8.85. The number of benzene rings is 1. The fraction of sp³-hybridized carbons (Fsp3) is 0.500. The summed E-state index contributed by atoms with van der Waals surface area (Å²) in [6, 6.07) is 9.61. The first-order valence-corrected chi connectivity index (χ1v) is 6.93. The lowest BCUT2D eigenvalue weighted by Crippen LogP contribution is -2.34. The molecular weight excluding hydrogens is 208 g/mol. The Hall–Kier alpha value is -0.670. The Morgan fingerprint density at radius 2 is 2.00 bits per heavy atom. The molecule has 1 aliphatic rings. The van der Waals surface area contributed by atoms with E-state index in [0.29, 0.717) is 11.7 Å². The molecule has 1 aromatic rings. The van der Waals surface area contributed by atoms with E-state index in [0.717, 1.165) is 18.4 Å². The summed E-state index contributed by atoms with van der Waals surface area (Å²) in [6.45, 7) is 0. The van der Waals surface area contributed by atoms with Gasteiger partial charge < -0.3 is 5.11 Å². The zero-order valence-corrected chi connectivity index (χ0v) is 9.67. The molecule has 2 rings (SSSR count). The van der Waals surface area contributed by atoms with E-state index in [9.17, 15) is 9.32 Å². The van der Waals surface area contributed by atoms with E-state index in [1.807, 2.05) is 30.3 Å². The molecule has 2 nitrogen and oxygen atoms in total. The molecular formula is C12H16O2S. The van der Waals surface area contributed by atoms with Gasteiger partial charge in [0.15, 0.2) is 0 Å². The Balaban J connectivity index is 2.30. The van der Waals surface area contributed by atoms with E-state index in [4.69, 9.17) is 0 Å². The van der Waals surface area contributed by atoms with Crippen LogP contribution in [0.25, 0.3) is 0 Å². The van der Waals surface area contributed by atoms with Crippen molar-refractivity contribution < 1.29 is 9.32 Å². The molecule has 0 aromatic heterocycles. The molecule has 0 aliphatic heterocycles. The van der Waals surface area contributed by atoms with Crippen LogP contribution in [0.1, 0.15) is 18.4 Å². The highest BCUT2D eigenvalue weighted by Crippen LogP contribution is 2.46. The third-order valence-corrected chi connectivity index (χ3v) is 3.80. The van der Waals surface area contributed by atoms with Gasteiger partial charge in [-0.1, -0.05) is 30.3 Å². The predicted octanol–water partition coefficient (Wildman–Crippen LogP) is 1.66. The second-order valence-electron chi connectivity index (χ2n) is 4.28. The van der Waals surface area contributed by atoms with Crippen molar-refractivity contribution in [1.82, 2.24) is 0 Å². The molecule has 0 heterocycles. The van der Waals surface area contributed by atoms with E-state index in [-0.39, 0.29) is 0 Å². The molecule has 82 valence electrons. The Labute approximate surface area is 92.8 Å². The molecule has 0 radical (unpaired) electrons. The first kappa shape index (κ1) is 10.8. The third kappa shape index (κ3) is 2.29. The fourth-order valence-electron chi connectivity index (χ4n) is 2.03. The van der Waals surface area contributed by atoms with Gasteiger partial charge in [-0.25, -0.2) is 0 Å². The largest absolute Gasteiger partial charge is 0.384 e. The summed E-state index contributed by atoms with van der Waals surface area (Å²) < 4.78 is 11.3. The molecule has 1 N–H and O–H groups in total. The topological polar surface area (TPSA) is 37.3 Å². The summed E-state index contributed by atoms with van der Waals surface area (Å²) in [6.07, 6.45) is 3.74. The Morgan fingerprint density at radius 1 is 1.40 bits per heavy atom. The summed E-state index contributed by atoms with van der Waals surface area (Å²) in [4.78, 5) is 0. The highest BCUT2D eigenvalue weighted by atomic mass is 32.2. The van der Waals surface area contributed by atoms with Crippen LogP contribution in [0, 0.1) is 5.92 Å². The average Bonchev–Trinajstić information content (AvgIpc) is 3.01. The first-order chi connectivity index (χ1) is 7.13. The molecule has 2 atom stereocenters. The lowest BCUT2D eigenvalue weighted by atomic mass is 9.91. The van der Waals surface area contributed by atoms with Crippen LogP contribution in [-0.4, -0.2) is 21.3 Å². The van der Waals surface area contributed by atoms with Crippen molar-refractivity contribution in [3.63, 3.8) is 0 Å². The molecule has 3 heteroatoms. The highest BCUT2D eigenvalue weighted by Gasteiger charge is 2.45. The van der Waals surface area contributed by atoms with Gasteiger partial charge in [0.05, 0.1) is 5.75 Å². The lowest BCUT2D eigenvalue weighted by molar-refractivity contribution is 0.0375. The maximum Gasteiger partial charge on any atom is 0.104 e. The molecule has 1 aliphatic carbocycles. The second-order valence-corrected chi connectivity index (χ2v) is 5.72. The van der Waals surface area contributed by atoms with Gasteiger partial charge in [-0.15, -0.1) is 0 Å². The number of hydrogen-bond acceptors (Lipinski definition) is 2. The van der Waals surface area contributed by atoms with Gasteiger partial charge in [0.1, 0.15) is 5.60 Å². The fourth-order valence-corrected chi connectivity index (χ4v) is 3.06. The van der Waals surface area contributed by atoms with Gasteiger partial charge in [-0.3, -0.25) is 4.21 Å². The highest BCUT2D eigenvalue weighted by molar-refractivity contribution is 7.84. The van der Waals surface area contributed by atoms with Crippen molar-refractivity contribution in [3.8, 4) is 0 Å². The Bertz CT molecular complexity index is 359. The van der Waals surface area contributed by atoms with E-state index >= 15 is 0 Å². The molecule has 0 bridgehead atoms. The lowest BCUT2D eigenvalue weighted by Gasteiger charge is -2.27. The van der Waals surface area contributed by atoms with Gasteiger partial charge in [0.2, 0.25) is 0 Å². The van der Waals surface area contributed by atoms with E-state index in [2.05, 4.69) is 0 Å². The van der Waals surface area contributed by atoms with Crippen LogP contribution in [0.2, 0.25) is 0 Å². The Kier molecular flexibility index (Phi) is 2.94. The molecule has 0 spiro atoms. The molecule has 0 unspecified atom stereocenters. The summed E-state index contributed by atoms with van der Waals surface area (Å²) >= 11 is 0. The van der Waals surface area contributed by atoms with E-state index in [1.165, 1.54) is 0 Å². The summed E-state index contributed by atoms with van der Waals surface area (Å²) in [5, 5.41) is 10.6. The minimum absolute atomic E-state index is 0.295. The molecule has 1 aromatic carbocycles. The van der Waals surface area contributed by atoms with Crippen LogP contribution in [0.4, 0.5) is 0 Å². The van der Waals surface area contributed by atoms with Crippen molar-refractivity contribution in [3.05, 3.63) is 35.9 Å². The van der Waals surface area contributed by atoms with Crippen LogP contribution in [-0.2, 0) is 16.4 Å². The van der Waals surface area contributed by atoms with Crippen molar-refractivity contribution in [2.24, 2.45) is 5.92 Å². The van der Waals surface area contributed by atoms with Crippen LogP contribution >= 0.6 is 0 Å². The zero-order chi connectivity index (χ0) is 10.9. The monoisotopic (exact) mass is 224 g/mol. The van der Waals surface area contributed by atoms with Gasteiger partial charge in [0.25, 0.3) is 0 Å². The molecule has 1 fully saturated rings. The average molecular weight is 224 g/mol. The predicted molar refractivity (Wildman–Crippen MR) is 62.0 cm³/mol. The number of hydrogen-bond donors (Lipinski definition) is 1. The van der Waals surface area contributed by atoms with E-state index < -0.39 is 16.4 Å². The van der Waals surface area contributed by atoms with E-state index in [1.54, 1.807) is 6.26 Å². The maximum absolute atomic E-state index is 11.3. The smallest absolute Gasteiger partial charge is 0.104 e. The molecule has 0 saturated heterocycles. The van der Waals surface area contributed by atoms with Gasteiger partial charge >= 0.3 is 0 Å². The maximum atomic E-state index is 11.3. The Morgan fingerprint density at radius 3 is 2.47 bits per heavy atom. The quantitative estimate of drug-likeness (QED) is 0.844. The minimum Gasteiger partial charge on any atom is -0.384 e. The number of rotatable bonds is 4. The van der Waals surface area contributed by atoms with Crippen molar-refractivity contribution >= 4 is 10.8 Å². The van der Waals surface area contributed by atoms with Crippen molar-refractivity contribution in [2.45, 2.75) is 18.4 Å². The minimum atomic E-state index is -0.966. The third-order valence-electron chi connectivity index (χ3n) is 2.95. The molecule has 15 heavy (non-hydrogen) atoms. The summed E-state index contributed by atoms with van der Waals surface area (Å²) in [7, 11) is -0.966. The van der Waals surface area contributed by atoms with Gasteiger partial charge in [-0.05, 0) is 24.3 Å². The summed E-state index contributed by atoms with van der Waals surface area (Å²) in [5.74, 6) is 0.644. The van der Waals surface area contributed by atoms with Crippen LogP contribution in [0.15, 0.2) is 30.3 Å². The van der Waals surface area contributed by atoms with Crippen molar-refractivity contribution in [2.75, 3.05) is 12.0 Å². The standard InChI is InChI=1S/C12H16O2S/c1-15(14)9-12(13,11-7-8-11)10-5-3-2-4-6-10/h2-6,11,13H,7-9H2,1H3/t12-,15-/m0/s1. The molecule has 1 saturated carbocycles. The van der Waals surface area contributed by atoms with Crippen LogP contribution in [0.5, 0.6) is 0 Å². The summed E-state index contributed by atoms with van der Waals surface area (Å²) in [5.41, 5.74) is 0.0311. The van der Waals surface area contributed by atoms with Crippen LogP contribution in [0.3, 0.4) is 0 Å². The SMILES string of the molecule is C[S@](=O)C[C@](O)(c1ccccc1)C1CC1. The van der Waals surface area contributed by atoms with Gasteiger partial charge in [-0.2, -0.15) is 0 Å². The number of aliphatic hydroxyl groups is 1. The van der Waals surface area contributed by atoms with Crippen LogP contribution < -0.4 is 0 Å². The second kappa shape index (κ2) is 4.06. The normalized spacial score (nSPS) is 22.0. The van der Waals surface area contributed by atoms with Gasteiger partial charge in [0, 0.05) is 17.1 Å². The first-order valence-electron chi connectivity index (χ1n) is 5.21. The van der Waals surface area contributed by atoms with Crippen molar-refractivity contribution in [1.29, 1.82) is 0 Å². The molecule has 0 amide bonds.